The van der Waals surface area contributed by atoms with Crippen molar-refractivity contribution in [1.82, 2.24) is 19.0 Å². The summed E-state index contributed by atoms with van der Waals surface area (Å²) in [6.45, 7) is 1.44. The number of piperidine rings is 1. The van der Waals surface area contributed by atoms with Crippen molar-refractivity contribution in [2.24, 2.45) is 5.92 Å². The Morgan fingerprint density at radius 1 is 1.20 bits per heavy atom. The molecule has 0 radical (unpaired) electrons. The summed E-state index contributed by atoms with van der Waals surface area (Å²) in [5.74, 6) is 0.730. The molecule has 0 aromatic carbocycles. The molecule has 2 aromatic heterocycles. The minimum Gasteiger partial charge on any atom is -0.363 e. The van der Waals surface area contributed by atoms with Gasteiger partial charge in [-0.15, -0.1) is 0 Å². The van der Waals surface area contributed by atoms with E-state index >= 15 is 0 Å². The van der Waals surface area contributed by atoms with Gasteiger partial charge in [0, 0.05) is 31.6 Å². The number of rotatable bonds is 5. The van der Waals surface area contributed by atoms with Gasteiger partial charge in [0.05, 0.1) is 18.2 Å². The van der Waals surface area contributed by atoms with Crippen molar-refractivity contribution in [3.05, 3.63) is 40.9 Å². The number of hydrogen-bond acceptors (Lipinski definition) is 6. The first-order valence-corrected chi connectivity index (χ1v) is 9.94. The van der Waals surface area contributed by atoms with E-state index in [1.54, 1.807) is 17.0 Å². The summed E-state index contributed by atoms with van der Waals surface area (Å²) in [6.07, 6.45) is 7.66. The van der Waals surface area contributed by atoms with E-state index in [1.807, 2.05) is 0 Å². The molecular weight excluding hydrogens is 344 g/mol. The lowest BCUT2D eigenvalue weighted by atomic mass is 9.98. The molecule has 1 aliphatic carbocycles. The van der Waals surface area contributed by atoms with Crippen molar-refractivity contribution in [2.45, 2.75) is 43.0 Å². The highest BCUT2D eigenvalue weighted by atomic mass is 32.2. The number of hydrogen-bond donors (Lipinski definition) is 0. The van der Waals surface area contributed by atoms with E-state index in [2.05, 4.69) is 14.7 Å². The quantitative estimate of drug-likeness (QED) is 0.791. The predicted molar refractivity (Wildman–Crippen MR) is 88.5 cm³/mol. The van der Waals surface area contributed by atoms with E-state index < -0.39 is 10.0 Å². The third-order valence-corrected chi connectivity index (χ3v) is 6.81. The summed E-state index contributed by atoms with van der Waals surface area (Å²) in [6, 6.07) is 1.64. The average Bonchev–Trinajstić information content (AvgIpc) is 3.30. The lowest BCUT2D eigenvalue weighted by molar-refractivity contribution is 0.250. The number of nitrogens with zero attached hydrogens (tertiary/aromatic N) is 4. The number of aromatic nitrogens is 3. The van der Waals surface area contributed by atoms with Crippen molar-refractivity contribution in [2.75, 3.05) is 13.1 Å². The van der Waals surface area contributed by atoms with Crippen molar-refractivity contribution in [1.29, 1.82) is 0 Å². The molecule has 8 nitrogen and oxygen atoms in total. The highest BCUT2D eigenvalue weighted by Gasteiger charge is 2.31. The van der Waals surface area contributed by atoms with Crippen molar-refractivity contribution in [3.63, 3.8) is 0 Å². The zero-order chi connectivity index (χ0) is 17.4. The van der Waals surface area contributed by atoms with Crippen LogP contribution in [0.3, 0.4) is 0 Å². The SMILES string of the molecule is O=c1cc(C2CC2)ncn1CC1CCN(S(=O)(=O)c2cnoc2)CC1. The van der Waals surface area contributed by atoms with Gasteiger partial charge >= 0.3 is 0 Å². The molecule has 9 heteroatoms. The summed E-state index contributed by atoms with van der Waals surface area (Å²) in [5.41, 5.74) is 0.882. The van der Waals surface area contributed by atoms with Gasteiger partial charge in [-0.2, -0.15) is 4.31 Å². The van der Waals surface area contributed by atoms with Crippen LogP contribution in [0.15, 0.2) is 39.1 Å². The van der Waals surface area contributed by atoms with Crippen LogP contribution in [0.2, 0.25) is 0 Å². The first-order chi connectivity index (χ1) is 12.0. The predicted octanol–water partition coefficient (Wildman–Crippen LogP) is 1.21. The molecule has 0 amide bonds. The Kier molecular flexibility index (Phi) is 4.20. The molecule has 134 valence electrons. The highest BCUT2D eigenvalue weighted by Crippen LogP contribution is 2.38. The molecular formula is C16H20N4O4S. The zero-order valence-electron chi connectivity index (χ0n) is 13.7. The maximum Gasteiger partial charge on any atom is 0.253 e. The smallest absolute Gasteiger partial charge is 0.253 e. The Labute approximate surface area is 145 Å². The van der Waals surface area contributed by atoms with Gasteiger partial charge in [0.15, 0.2) is 0 Å². The van der Waals surface area contributed by atoms with Crippen LogP contribution in [0.25, 0.3) is 0 Å². The average molecular weight is 364 g/mol. The van der Waals surface area contributed by atoms with E-state index in [0.717, 1.165) is 24.8 Å². The summed E-state index contributed by atoms with van der Waals surface area (Å²) >= 11 is 0. The molecule has 2 aliphatic rings. The van der Waals surface area contributed by atoms with Gasteiger partial charge in [-0.1, -0.05) is 5.16 Å². The van der Waals surface area contributed by atoms with Crippen molar-refractivity contribution < 1.29 is 12.9 Å². The third-order valence-electron chi connectivity index (χ3n) is 4.97. The molecule has 0 N–H and O–H groups in total. The van der Waals surface area contributed by atoms with Crippen LogP contribution >= 0.6 is 0 Å². The molecule has 1 saturated carbocycles. The first kappa shape index (κ1) is 16.5. The van der Waals surface area contributed by atoms with Crippen LogP contribution in [0, 0.1) is 5.92 Å². The molecule has 2 fully saturated rings. The Hall–Kier alpha value is -2.00. The van der Waals surface area contributed by atoms with Crippen LogP contribution < -0.4 is 5.56 Å². The fraction of sp³-hybridized carbons (Fsp3) is 0.562. The van der Waals surface area contributed by atoms with Gasteiger partial charge in [-0.3, -0.25) is 9.36 Å². The maximum atomic E-state index is 12.4. The molecule has 0 atom stereocenters. The van der Waals surface area contributed by atoms with Gasteiger partial charge in [0.25, 0.3) is 5.56 Å². The number of sulfonamides is 1. The van der Waals surface area contributed by atoms with Crippen molar-refractivity contribution >= 4 is 10.0 Å². The largest absolute Gasteiger partial charge is 0.363 e. The summed E-state index contributed by atoms with van der Waals surface area (Å²) in [4.78, 5) is 16.7. The normalized spacial score (nSPS) is 20.0. The van der Waals surface area contributed by atoms with Gasteiger partial charge < -0.3 is 4.52 Å². The van der Waals surface area contributed by atoms with E-state index in [9.17, 15) is 13.2 Å². The first-order valence-electron chi connectivity index (χ1n) is 8.50. The van der Waals surface area contributed by atoms with E-state index in [1.165, 1.54) is 10.5 Å². The van der Waals surface area contributed by atoms with Crippen LogP contribution in [0.1, 0.15) is 37.3 Å². The second-order valence-electron chi connectivity index (χ2n) is 6.79. The van der Waals surface area contributed by atoms with Gasteiger partial charge in [0.1, 0.15) is 11.2 Å². The third kappa shape index (κ3) is 3.38. The molecule has 25 heavy (non-hydrogen) atoms. The second kappa shape index (κ2) is 6.38. The van der Waals surface area contributed by atoms with E-state index in [0.29, 0.717) is 38.4 Å². The molecule has 4 rings (SSSR count). The maximum absolute atomic E-state index is 12.4. The molecule has 1 saturated heterocycles. The van der Waals surface area contributed by atoms with E-state index in [-0.39, 0.29) is 16.4 Å². The van der Waals surface area contributed by atoms with Crippen LogP contribution in [0.4, 0.5) is 0 Å². The molecule has 1 aliphatic heterocycles. The van der Waals surface area contributed by atoms with Crippen molar-refractivity contribution in [3.8, 4) is 0 Å². The van der Waals surface area contributed by atoms with Gasteiger partial charge in [-0.25, -0.2) is 13.4 Å². The topological polar surface area (TPSA) is 98.3 Å². The Balaban J connectivity index is 1.38. The van der Waals surface area contributed by atoms with Crippen LogP contribution in [-0.2, 0) is 16.6 Å². The molecule has 0 bridgehead atoms. The highest BCUT2D eigenvalue weighted by molar-refractivity contribution is 7.89. The summed E-state index contributed by atoms with van der Waals surface area (Å²) in [7, 11) is -3.54. The van der Waals surface area contributed by atoms with E-state index in [4.69, 9.17) is 0 Å². The Bertz CT molecular complexity index is 894. The summed E-state index contributed by atoms with van der Waals surface area (Å²) < 4.78 is 32.6. The molecule has 2 aromatic rings. The minimum absolute atomic E-state index is 0.0172. The Morgan fingerprint density at radius 2 is 1.96 bits per heavy atom. The fourth-order valence-electron chi connectivity index (χ4n) is 3.26. The molecule has 0 unspecified atom stereocenters. The second-order valence-corrected chi connectivity index (χ2v) is 8.72. The minimum atomic E-state index is -3.54. The molecule has 3 heterocycles. The lowest BCUT2D eigenvalue weighted by Gasteiger charge is -2.30. The van der Waals surface area contributed by atoms with Crippen LogP contribution in [-0.4, -0.2) is 40.5 Å². The lowest BCUT2D eigenvalue weighted by Crippen LogP contribution is -2.39. The summed E-state index contributed by atoms with van der Waals surface area (Å²) in [5, 5.41) is 3.46. The fourth-order valence-corrected chi connectivity index (χ4v) is 4.59. The standard InChI is InChI=1S/C16H20N4O4S/c21-16-7-15(13-1-2-13)17-11-19(16)9-12-3-5-20(6-4-12)25(22,23)14-8-18-24-10-14/h7-8,10-13H,1-6,9H2. The van der Waals surface area contributed by atoms with Crippen LogP contribution in [0.5, 0.6) is 0 Å². The molecule has 0 spiro atoms. The Morgan fingerprint density at radius 3 is 2.56 bits per heavy atom. The monoisotopic (exact) mass is 364 g/mol. The van der Waals surface area contributed by atoms with Gasteiger partial charge in [0.2, 0.25) is 10.0 Å². The zero-order valence-corrected chi connectivity index (χ0v) is 14.6. The van der Waals surface area contributed by atoms with Gasteiger partial charge in [-0.05, 0) is 31.6 Å².